The maximum absolute atomic E-state index is 12.2. The number of carbonyl (C=O) groups excluding carboxylic acids is 1. The number of nitrogens with zero attached hydrogens (tertiary/aromatic N) is 1. The molecule has 0 saturated heterocycles. The van der Waals surface area contributed by atoms with E-state index in [9.17, 15) is 13.2 Å². The lowest BCUT2D eigenvalue weighted by atomic mass is 10.0. The van der Waals surface area contributed by atoms with Gasteiger partial charge in [-0.3, -0.25) is 4.79 Å². The Morgan fingerprint density at radius 2 is 1.41 bits per heavy atom. The van der Waals surface area contributed by atoms with Crippen LogP contribution in [0.1, 0.15) is 47.8 Å². The number of ether oxygens (including phenoxy) is 1. The summed E-state index contributed by atoms with van der Waals surface area (Å²) in [5.74, 6) is 0.455. The lowest BCUT2D eigenvalue weighted by Gasteiger charge is -2.11. The number of fused-ring (bicyclic) bond motifs is 3. The van der Waals surface area contributed by atoms with Crippen molar-refractivity contribution in [3.63, 3.8) is 0 Å². The molecule has 0 unspecified atom stereocenters. The van der Waals surface area contributed by atoms with Crippen LogP contribution in [0.2, 0.25) is 0 Å². The number of sulfone groups is 1. The molecule has 1 amide bonds. The van der Waals surface area contributed by atoms with Gasteiger partial charge >= 0.3 is 0 Å². The Morgan fingerprint density at radius 3 is 2.03 bits per heavy atom. The van der Waals surface area contributed by atoms with Crippen LogP contribution in [0.5, 0.6) is 5.75 Å². The Labute approximate surface area is 228 Å². The number of primary amides is 1. The third kappa shape index (κ3) is 5.54. The van der Waals surface area contributed by atoms with E-state index in [1.165, 1.54) is 5.56 Å². The maximum Gasteiger partial charge on any atom is 0.248 e. The van der Waals surface area contributed by atoms with Crippen molar-refractivity contribution in [1.29, 1.82) is 0 Å². The average Bonchev–Trinajstić information content (AvgIpc) is 3.22. The fraction of sp³-hybridized carbons (Fsp3) is 0.219. The first kappa shape index (κ1) is 26.5. The molecule has 0 radical (unpaired) electrons. The standard InChI is InChI=1S/C32H32N2O4S/c1-4-39(36,37)27-13-7-23(8-14-27)20-34-30-15-9-24(17-22-5-11-26(12-6-22)38-21(2)3)18-28(30)29-19-25(32(33)35)10-16-31(29)34/h5-16,18-19,21H,4,17,20H2,1-3H3,(H2,33,35). The van der Waals surface area contributed by atoms with Gasteiger partial charge in [0.05, 0.1) is 16.8 Å². The second kappa shape index (κ2) is 10.6. The van der Waals surface area contributed by atoms with Crippen LogP contribution in [0.25, 0.3) is 21.8 Å². The van der Waals surface area contributed by atoms with Gasteiger partial charge in [-0.1, -0.05) is 37.3 Å². The molecule has 1 heterocycles. The Bertz CT molecular complexity index is 1770. The highest BCUT2D eigenvalue weighted by Crippen LogP contribution is 2.32. The van der Waals surface area contributed by atoms with E-state index in [0.717, 1.165) is 45.1 Å². The van der Waals surface area contributed by atoms with Crippen molar-refractivity contribution in [2.45, 2.75) is 44.7 Å². The third-order valence-electron chi connectivity index (χ3n) is 6.92. The zero-order valence-corrected chi connectivity index (χ0v) is 23.2. The first-order valence-electron chi connectivity index (χ1n) is 13.1. The zero-order valence-electron chi connectivity index (χ0n) is 22.3. The molecule has 0 atom stereocenters. The molecule has 0 bridgehead atoms. The number of benzene rings is 4. The van der Waals surface area contributed by atoms with Crippen LogP contribution < -0.4 is 10.5 Å². The molecular weight excluding hydrogens is 508 g/mol. The Hall–Kier alpha value is -4.10. The van der Waals surface area contributed by atoms with Crippen molar-refractivity contribution in [2.24, 2.45) is 5.73 Å². The third-order valence-corrected chi connectivity index (χ3v) is 8.67. The summed E-state index contributed by atoms with van der Waals surface area (Å²) in [5, 5.41) is 1.99. The molecule has 200 valence electrons. The van der Waals surface area contributed by atoms with Gasteiger partial charge in [-0.15, -0.1) is 0 Å². The highest BCUT2D eigenvalue weighted by atomic mass is 32.2. The normalized spacial score (nSPS) is 11.9. The maximum atomic E-state index is 12.2. The number of carbonyl (C=O) groups is 1. The SMILES string of the molecule is CCS(=O)(=O)c1ccc(Cn2c3ccc(Cc4ccc(OC(C)C)cc4)cc3c3cc(C(N)=O)ccc32)cc1. The van der Waals surface area contributed by atoms with Crippen molar-refractivity contribution >= 4 is 37.6 Å². The van der Waals surface area contributed by atoms with Crippen LogP contribution in [0, 0.1) is 0 Å². The highest BCUT2D eigenvalue weighted by molar-refractivity contribution is 7.91. The minimum absolute atomic E-state index is 0.0691. The highest BCUT2D eigenvalue weighted by Gasteiger charge is 2.15. The van der Waals surface area contributed by atoms with E-state index in [1.807, 2.05) is 50.2 Å². The molecule has 5 rings (SSSR count). The monoisotopic (exact) mass is 540 g/mol. The van der Waals surface area contributed by atoms with Gasteiger partial charge in [0.1, 0.15) is 5.75 Å². The topological polar surface area (TPSA) is 91.4 Å². The number of hydrogen-bond donors (Lipinski definition) is 1. The molecular formula is C32H32N2O4S. The molecule has 2 N–H and O–H groups in total. The summed E-state index contributed by atoms with van der Waals surface area (Å²) in [6.45, 7) is 6.22. The fourth-order valence-electron chi connectivity index (χ4n) is 4.93. The van der Waals surface area contributed by atoms with Gasteiger partial charge in [0.25, 0.3) is 0 Å². The number of amides is 1. The zero-order chi connectivity index (χ0) is 27.7. The van der Waals surface area contributed by atoms with E-state index >= 15 is 0 Å². The molecule has 6 nitrogen and oxygen atoms in total. The Morgan fingerprint density at radius 1 is 0.821 bits per heavy atom. The van der Waals surface area contributed by atoms with Gasteiger partial charge in [0.15, 0.2) is 9.84 Å². The Balaban J connectivity index is 1.54. The predicted molar refractivity (Wildman–Crippen MR) is 156 cm³/mol. The minimum Gasteiger partial charge on any atom is -0.491 e. The van der Waals surface area contributed by atoms with Crippen LogP contribution in [-0.4, -0.2) is 30.7 Å². The summed E-state index contributed by atoms with van der Waals surface area (Å²) in [6.07, 6.45) is 0.885. The van der Waals surface area contributed by atoms with Gasteiger partial charge < -0.3 is 15.0 Å². The molecule has 39 heavy (non-hydrogen) atoms. The van der Waals surface area contributed by atoms with Crippen LogP contribution in [0.15, 0.2) is 89.8 Å². The molecule has 5 aromatic rings. The predicted octanol–water partition coefficient (Wildman–Crippen LogP) is 6.11. The molecule has 0 spiro atoms. The summed E-state index contributed by atoms with van der Waals surface area (Å²) in [6, 6.07) is 27.2. The molecule has 4 aromatic carbocycles. The molecule has 0 aliphatic carbocycles. The largest absolute Gasteiger partial charge is 0.491 e. The summed E-state index contributed by atoms with van der Waals surface area (Å²) in [7, 11) is -3.26. The van der Waals surface area contributed by atoms with E-state index in [-0.39, 0.29) is 11.9 Å². The fourth-order valence-corrected chi connectivity index (χ4v) is 5.81. The van der Waals surface area contributed by atoms with Crippen LogP contribution >= 0.6 is 0 Å². The number of nitrogens with two attached hydrogens (primary N) is 1. The second-order valence-electron chi connectivity index (χ2n) is 10.1. The van der Waals surface area contributed by atoms with Crippen LogP contribution in [0.3, 0.4) is 0 Å². The van der Waals surface area contributed by atoms with E-state index in [4.69, 9.17) is 10.5 Å². The van der Waals surface area contributed by atoms with Crippen LogP contribution in [-0.2, 0) is 22.8 Å². The van der Waals surface area contributed by atoms with Crippen molar-refractivity contribution < 1.29 is 17.9 Å². The van der Waals surface area contributed by atoms with Crippen molar-refractivity contribution in [1.82, 2.24) is 4.57 Å². The summed E-state index contributed by atoms with van der Waals surface area (Å²) in [4.78, 5) is 12.3. The van der Waals surface area contributed by atoms with Gasteiger partial charge in [-0.2, -0.15) is 0 Å². The second-order valence-corrected chi connectivity index (χ2v) is 12.3. The summed E-state index contributed by atoms with van der Waals surface area (Å²) in [5.41, 5.74) is 11.4. The van der Waals surface area contributed by atoms with E-state index in [0.29, 0.717) is 17.0 Å². The molecule has 0 aliphatic heterocycles. The van der Waals surface area contributed by atoms with Gasteiger partial charge in [-0.05, 0) is 91.6 Å². The number of rotatable bonds is 9. The average molecular weight is 541 g/mol. The van der Waals surface area contributed by atoms with E-state index < -0.39 is 15.7 Å². The minimum atomic E-state index is -3.26. The lowest BCUT2D eigenvalue weighted by molar-refractivity contribution is 0.100. The van der Waals surface area contributed by atoms with E-state index in [1.54, 1.807) is 25.1 Å². The molecule has 0 fully saturated rings. The Kier molecular flexibility index (Phi) is 7.19. The number of hydrogen-bond acceptors (Lipinski definition) is 4. The number of aromatic nitrogens is 1. The molecule has 7 heteroatoms. The van der Waals surface area contributed by atoms with Crippen molar-refractivity contribution in [3.8, 4) is 5.75 Å². The van der Waals surface area contributed by atoms with Crippen molar-refractivity contribution in [3.05, 3.63) is 107 Å². The summed E-state index contributed by atoms with van der Waals surface area (Å²) >= 11 is 0. The van der Waals surface area contributed by atoms with Crippen molar-refractivity contribution in [2.75, 3.05) is 5.75 Å². The smallest absolute Gasteiger partial charge is 0.248 e. The lowest BCUT2D eigenvalue weighted by Crippen LogP contribution is -2.10. The van der Waals surface area contributed by atoms with E-state index in [2.05, 4.69) is 34.9 Å². The van der Waals surface area contributed by atoms with Gasteiger partial charge in [-0.25, -0.2) is 8.42 Å². The molecule has 0 aliphatic rings. The van der Waals surface area contributed by atoms with Gasteiger partial charge in [0, 0.05) is 33.9 Å². The van der Waals surface area contributed by atoms with Gasteiger partial charge in [0.2, 0.25) is 5.91 Å². The van der Waals surface area contributed by atoms with Crippen LogP contribution in [0.4, 0.5) is 0 Å². The first-order valence-corrected chi connectivity index (χ1v) is 14.7. The first-order chi connectivity index (χ1) is 18.6. The quantitative estimate of drug-likeness (QED) is 0.244. The summed E-state index contributed by atoms with van der Waals surface area (Å²) < 4.78 is 32.4. The molecule has 0 saturated carbocycles. The molecule has 1 aromatic heterocycles.